The van der Waals surface area contributed by atoms with E-state index >= 15 is 0 Å². The Kier molecular flexibility index (Phi) is 7.96. The minimum atomic E-state index is -2.60. The van der Waals surface area contributed by atoms with Gasteiger partial charge in [-0.3, -0.25) is 28.9 Å². The first-order valence-electron chi connectivity index (χ1n) is 10.9. The standard InChI is InChI=1S/C21H32N4O8/c1-10(2)25(20(31)32)21(15(26)9-14(33-5)17(21)28)16(27)13-7-6-8-24(13)19(30)12(4)23-18(29)11(3)22/h10-14H,6-9,22H2,1-5H3,(H,23,29)(H,31,32)/t11-,12-,13-,14?,21?/m0/s1. The first kappa shape index (κ1) is 26.4. The second-order valence-corrected chi connectivity index (χ2v) is 8.75. The third-order valence-electron chi connectivity index (χ3n) is 6.13. The molecule has 2 fully saturated rings. The number of ether oxygens (including phenoxy) is 1. The molecule has 0 aromatic rings. The van der Waals surface area contributed by atoms with Crippen LogP contribution in [0.2, 0.25) is 0 Å². The molecule has 0 aromatic carbocycles. The predicted molar refractivity (Wildman–Crippen MR) is 114 cm³/mol. The molecule has 4 N–H and O–H groups in total. The highest BCUT2D eigenvalue weighted by Gasteiger charge is 2.67. The van der Waals surface area contributed by atoms with Gasteiger partial charge < -0.3 is 25.8 Å². The van der Waals surface area contributed by atoms with E-state index in [-0.39, 0.29) is 13.0 Å². The van der Waals surface area contributed by atoms with Gasteiger partial charge in [0.25, 0.3) is 0 Å². The second-order valence-electron chi connectivity index (χ2n) is 8.75. The van der Waals surface area contributed by atoms with E-state index in [1.807, 2.05) is 0 Å². The fourth-order valence-electron chi connectivity index (χ4n) is 4.55. The van der Waals surface area contributed by atoms with Crippen molar-refractivity contribution in [2.45, 2.75) is 82.8 Å². The summed E-state index contributed by atoms with van der Waals surface area (Å²) in [5.74, 6) is -3.95. The summed E-state index contributed by atoms with van der Waals surface area (Å²) < 4.78 is 5.07. The van der Waals surface area contributed by atoms with Gasteiger partial charge in [-0.2, -0.15) is 0 Å². The zero-order chi connectivity index (χ0) is 25.2. The van der Waals surface area contributed by atoms with E-state index in [1.165, 1.54) is 39.7 Å². The van der Waals surface area contributed by atoms with E-state index in [9.17, 15) is 33.9 Å². The summed E-state index contributed by atoms with van der Waals surface area (Å²) in [6.07, 6.45) is -2.78. The highest BCUT2D eigenvalue weighted by Crippen LogP contribution is 2.37. The smallest absolute Gasteiger partial charge is 0.409 e. The van der Waals surface area contributed by atoms with E-state index in [2.05, 4.69) is 5.32 Å². The number of carbonyl (C=O) groups is 6. The monoisotopic (exact) mass is 468 g/mol. The van der Waals surface area contributed by atoms with E-state index in [1.54, 1.807) is 0 Å². The average Bonchev–Trinajstić information content (AvgIpc) is 3.31. The number of amides is 3. The predicted octanol–water partition coefficient (Wildman–Crippen LogP) is -0.917. The van der Waals surface area contributed by atoms with Crippen LogP contribution in [0.25, 0.3) is 0 Å². The molecule has 12 heteroatoms. The Labute approximate surface area is 191 Å². The normalized spacial score (nSPS) is 26.9. The summed E-state index contributed by atoms with van der Waals surface area (Å²) in [5, 5.41) is 12.3. The Hall–Kier alpha value is -2.86. The molecule has 1 aliphatic carbocycles. The number of methoxy groups -OCH3 is 1. The Morgan fingerprint density at radius 1 is 1.21 bits per heavy atom. The molecule has 184 valence electrons. The molecular formula is C21H32N4O8. The molecule has 2 aliphatic rings. The first-order chi connectivity index (χ1) is 15.3. The Morgan fingerprint density at radius 3 is 2.27 bits per heavy atom. The summed E-state index contributed by atoms with van der Waals surface area (Å²) in [6.45, 7) is 5.94. The summed E-state index contributed by atoms with van der Waals surface area (Å²) >= 11 is 0. The number of nitrogens with two attached hydrogens (primary N) is 1. The lowest BCUT2D eigenvalue weighted by molar-refractivity contribution is -0.154. The van der Waals surface area contributed by atoms with Crippen LogP contribution >= 0.6 is 0 Å². The number of likely N-dealkylation sites (tertiary alicyclic amines) is 1. The van der Waals surface area contributed by atoms with Crippen molar-refractivity contribution < 1.29 is 38.6 Å². The van der Waals surface area contributed by atoms with Crippen LogP contribution in [-0.2, 0) is 28.7 Å². The molecule has 33 heavy (non-hydrogen) atoms. The van der Waals surface area contributed by atoms with Crippen molar-refractivity contribution in [3.05, 3.63) is 0 Å². The van der Waals surface area contributed by atoms with Crippen molar-refractivity contribution in [2.75, 3.05) is 13.7 Å². The van der Waals surface area contributed by atoms with Gasteiger partial charge in [0.1, 0.15) is 12.1 Å². The van der Waals surface area contributed by atoms with Gasteiger partial charge in [-0.05, 0) is 40.5 Å². The van der Waals surface area contributed by atoms with Gasteiger partial charge in [0.05, 0.1) is 12.1 Å². The topological polar surface area (TPSA) is 176 Å². The minimum Gasteiger partial charge on any atom is -0.465 e. The summed E-state index contributed by atoms with van der Waals surface area (Å²) in [5.41, 5.74) is 2.92. The first-order valence-corrected chi connectivity index (χ1v) is 10.9. The lowest BCUT2D eigenvalue weighted by Gasteiger charge is -2.41. The van der Waals surface area contributed by atoms with Gasteiger partial charge in [-0.15, -0.1) is 0 Å². The van der Waals surface area contributed by atoms with Gasteiger partial charge >= 0.3 is 6.09 Å². The van der Waals surface area contributed by atoms with Crippen LogP contribution in [0.4, 0.5) is 4.79 Å². The third-order valence-corrected chi connectivity index (χ3v) is 6.13. The SMILES string of the molecule is COC1CC(=O)C(C(=O)[C@@H]2CCCN2C(=O)[C@H](C)NC(=O)[C@H](C)N)(N(C(=O)O)C(C)C)C1=O. The summed E-state index contributed by atoms with van der Waals surface area (Å²) in [4.78, 5) is 79.2. The lowest BCUT2D eigenvalue weighted by Crippen LogP contribution is -2.70. The molecule has 1 aliphatic heterocycles. The number of carbonyl (C=O) groups excluding carboxylic acids is 5. The van der Waals surface area contributed by atoms with Crippen molar-refractivity contribution in [2.24, 2.45) is 5.73 Å². The molecule has 1 saturated carbocycles. The molecule has 5 atom stereocenters. The van der Waals surface area contributed by atoms with Crippen LogP contribution in [-0.4, -0.2) is 99.6 Å². The molecular weight excluding hydrogens is 436 g/mol. The second kappa shape index (κ2) is 9.96. The van der Waals surface area contributed by atoms with Crippen LogP contribution in [0, 0.1) is 0 Å². The molecule has 1 heterocycles. The largest absolute Gasteiger partial charge is 0.465 e. The number of carboxylic acid groups (broad SMARTS) is 1. The molecule has 0 radical (unpaired) electrons. The fraction of sp³-hybridized carbons (Fsp3) is 0.714. The van der Waals surface area contributed by atoms with Crippen LogP contribution in [0.3, 0.4) is 0 Å². The Balaban J connectivity index is 2.49. The molecule has 1 saturated heterocycles. The quantitative estimate of drug-likeness (QED) is 0.380. The molecule has 2 unspecified atom stereocenters. The maximum absolute atomic E-state index is 13.9. The van der Waals surface area contributed by atoms with Gasteiger partial charge in [0, 0.05) is 26.1 Å². The third kappa shape index (κ3) is 4.49. The maximum atomic E-state index is 13.9. The number of Topliss-reactive ketones (excluding diaryl/α,β-unsaturated/α-hetero) is 3. The lowest BCUT2D eigenvalue weighted by atomic mass is 9.82. The highest BCUT2D eigenvalue weighted by atomic mass is 16.5. The molecule has 0 bridgehead atoms. The molecule has 0 spiro atoms. The zero-order valence-electron chi connectivity index (χ0n) is 19.5. The zero-order valence-corrected chi connectivity index (χ0v) is 19.5. The number of rotatable bonds is 8. The van der Waals surface area contributed by atoms with Crippen molar-refractivity contribution in [1.29, 1.82) is 0 Å². The number of hydrogen-bond acceptors (Lipinski definition) is 8. The van der Waals surface area contributed by atoms with Crippen molar-refractivity contribution in [3.63, 3.8) is 0 Å². The molecule has 12 nitrogen and oxygen atoms in total. The molecule has 2 rings (SSSR count). The van der Waals surface area contributed by atoms with Crippen molar-refractivity contribution >= 4 is 35.3 Å². The Morgan fingerprint density at radius 2 is 1.82 bits per heavy atom. The molecule has 0 aromatic heterocycles. The minimum absolute atomic E-state index is 0.143. The van der Waals surface area contributed by atoms with Gasteiger partial charge in [0.15, 0.2) is 11.6 Å². The van der Waals surface area contributed by atoms with E-state index in [0.29, 0.717) is 11.3 Å². The van der Waals surface area contributed by atoms with Crippen molar-refractivity contribution in [3.8, 4) is 0 Å². The van der Waals surface area contributed by atoms with E-state index in [4.69, 9.17) is 10.5 Å². The van der Waals surface area contributed by atoms with Crippen LogP contribution < -0.4 is 11.1 Å². The van der Waals surface area contributed by atoms with Crippen molar-refractivity contribution in [1.82, 2.24) is 15.1 Å². The number of hydrogen-bond donors (Lipinski definition) is 3. The number of ketones is 3. The van der Waals surface area contributed by atoms with E-state index in [0.717, 1.165) is 0 Å². The maximum Gasteiger partial charge on any atom is 0.409 e. The number of nitrogens with zero attached hydrogens (tertiary/aromatic N) is 2. The van der Waals surface area contributed by atoms with E-state index < -0.39 is 77.5 Å². The fourth-order valence-corrected chi connectivity index (χ4v) is 4.55. The Bertz CT molecular complexity index is 857. The average molecular weight is 469 g/mol. The van der Waals surface area contributed by atoms with Gasteiger partial charge in [0.2, 0.25) is 23.1 Å². The van der Waals surface area contributed by atoms with Crippen LogP contribution in [0.5, 0.6) is 0 Å². The van der Waals surface area contributed by atoms with Crippen LogP contribution in [0.1, 0.15) is 47.0 Å². The summed E-state index contributed by atoms with van der Waals surface area (Å²) in [6, 6.07) is -3.97. The highest BCUT2D eigenvalue weighted by molar-refractivity contribution is 6.36. The van der Waals surface area contributed by atoms with Crippen LogP contribution in [0.15, 0.2) is 0 Å². The number of nitrogens with one attached hydrogen (secondary N) is 1. The summed E-state index contributed by atoms with van der Waals surface area (Å²) in [7, 11) is 1.20. The molecule has 3 amide bonds. The van der Waals surface area contributed by atoms with Gasteiger partial charge in [-0.25, -0.2) is 4.79 Å². The van der Waals surface area contributed by atoms with Gasteiger partial charge in [-0.1, -0.05) is 0 Å².